The molecule has 0 amide bonds. The molecule has 0 aliphatic carbocycles. The Morgan fingerprint density at radius 2 is 2.18 bits per heavy atom. The minimum atomic E-state index is -0.289. The second-order valence-electron chi connectivity index (χ2n) is 6.37. The van der Waals surface area contributed by atoms with E-state index in [0.717, 1.165) is 30.7 Å². The van der Waals surface area contributed by atoms with Crippen LogP contribution in [0.2, 0.25) is 0 Å². The highest BCUT2D eigenvalue weighted by atomic mass is 16.6. The van der Waals surface area contributed by atoms with Gasteiger partial charge in [-0.3, -0.25) is 0 Å². The molecular formula is C16H22N4O2. The van der Waals surface area contributed by atoms with Crippen molar-refractivity contribution in [2.24, 2.45) is 0 Å². The molecular weight excluding hydrogens is 280 g/mol. The first-order valence-electron chi connectivity index (χ1n) is 7.79. The van der Waals surface area contributed by atoms with Gasteiger partial charge in [-0.25, -0.2) is 0 Å². The predicted octanol–water partition coefficient (Wildman–Crippen LogP) is 1.74. The zero-order chi connectivity index (χ0) is 15.7. The van der Waals surface area contributed by atoms with Crippen molar-refractivity contribution in [3.63, 3.8) is 0 Å². The Morgan fingerprint density at radius 3 is 2.86 bits per heavy atom. The smallest absolute Gasteiger partial charge is 0.169 e. The van der Waals surface area contributed by atoms with Crippen LogP contribution in [-0.4, -0.2) is 48.2 Å². The number of nitriles is 1. The second kappa shape index (κ2) is 5.82. The lowest BCUT2D eigenvalue weighted by atomic mass is 9.93. The Bertz CT molecular complexity index is 605. The van der Waals surface area contributed by atoms with Crippen molar-refractivity contribution in [3.8, 4) is 6.07 Å². The first-order valence-corrected chi connectivity index (χ1v) is 7.79. The third-order valence-electron chi connectivity index (χ3n) is 4.54. The van der Waals surface area contributed by atoms with Crippen molar-refractivity contribution in [1.82, 2.24) is 10.2 Å². The maximum atomic E-state index is 9.52. The number of rotatable bonds is 1. The number of anilines is 1. The number of morpholine rings is 1. The fraction of sp³-hybridized carbons (Fsp3) is 0.688. The molecule has 118 valence electrons. The number of hydrogen-bond donors (Lipinski definition) is 0. The molecule has 3 rings (SSSR count). The molecule has 0 aromatic carbocycles. The fourth-order valence-corrected chi connectivity index (χ4v) is 3.38. The normalized spacial score (nSPS) is 28.6. The zero-order valence-electron chi connectivity index (χ0n) is 13.4. The molecule has 2 aliphatic rings. The van der Waals surface area contributed by atoms with Crippen LogP contribution in [0, 0.1) is 25.2 Å². The van der Waals surface area contributed by atoms with Gasteiger partial charge in [-0.15, -0.1) is 5.10 Å². The van der Waals surface area contributed by atoms with Gasteiger partial charge in [0.25, 0.3) is 0 Å². The van der Waals surface area contributed by atoms with Gasteiger partial charge in [-0.2, -0.15) is 10.4 Å². The number of hydrogen-bond acceptors (Lipinski definition) is 6. The fourth-order valence-electron chi connectivity index (χ4n) is 3.38. The van der Waals surface area contributed by atoms with Crippen LogP contribution in [0.4, 0.5) is 5.82 Å². The average Bonchev–Trinajstić information content (AvgIpc) is 2.49. The molecule has 2 aliphatic heterocycles. The van der Waals surface area contributed by atoms with Crippen molar-refractivity contribution < 1.29 is 9.47 Å². The summed E-state index contributed by atoms with van der Waals surface area (Å²) >= 11 is 0. The summed E-state index contributed by atoms with van der Waals surface area (Å²) in [6.07, 6.45) is 2.06. The third kappa shape index (κ3) is 2.67. The molecule has 2 fully saturated rings. The van der Waals surface area contributed by atoms with Gasteiger partial charge in [0.2, 0.25) is 0 Å². The van der Waals surface area contributed by atoms with E-state index in [1.807, 2.05) is 13.8 Å². The van der Waals surface area contributed by atoms with E-state index in [1.54, 1.807) is 0 Å². The molecule has 0 N–H and O–H groups in total. The largest absolute Gasteiger partial charge is 0.378 e. The molecule has 1 aromatic heterocycles. The van der Waals surface area contributed by atoms with Gasteiger partial charge in [-0.05, 0) is 39.2 Å². The quantitative estimate of drug-likeness (QED) is 0.787. The number of aryl methyl sites for hydroxylation is 1. The van der Waals surface area contributed by atoms with Crippen molar-refractivity contribution in [2.75, 3.05) is 31.2 Å². The highest BCUT2D eigenvalue weighted by Gasteiger charge is 2.42. The molecule has 3 heterocycles. The van der Waals surface area contributed by atoms with E-state index >= 15 is 0 Å². The second-order valence-corrected chi connectivity index (χ2v) is 6.37. The van der Waals surface area contributed by atoms with Crippen LogP contribution < -0.4 is 4.90 Å². The molecule has 6 heteroatoms. The maximum Gasteiger partial charge on any atom is 0.169 e. The Balaban J connectivity index is 1.94. The molecule has 6 nitrogen and oxygen atoms in total. The Kier molecular flexibility index (Phi) is 4.02. The number of nitrogens with zero attached hydrogens (tertiary/aromatic N) is 4. The van der Waals surface area contributed by atoms with Gasteiger partial charge in [0.1, 0.15) is 17.2 Å². The van der Waals surface area contributed by atoms with E-state index in [9.17, 15) is 5.26 Å². The van der Waals surface area contributed by atoms with Crippen molar-refractivity contribution in [3.05, 3.63) is 16.8 Å². The third-order valence-corrected chi connectivity index (χ3v) is 4.54. The van der Waals surface area contributed by atoms with E-state index < -0.39 is 0 Å². The summed E-state index contributed by atoms with van der Waals surface area (Å²) < 4.78 is 11.8. The zero-order valence-corrected chi connectivity index (χ0v) is 13.4. The summed E-state index contributed by atoms with van der Waals surface area (Å²) in [4.78, 5) is 2.14. The van der Waals surface area contributed by atoms with E-state index in [-0.39, 0.29) is 11.7 Å². The van der Waals surface area contributed by atoms with Crippen molar-refractivity contribution in [1.29, 1.82) is 5.26 Å². The first-order chi connectivity index (χ1) is 10.5. The molecule has 0 bridgehead atoms. The maximum absolute atomic E-state index is 9.52. The standard InChI is InChI=1S/C16H22N4O2/c1-11-8-20(9-16(22-11)5-4-6-21-10-16)15-14(7-17)12(2)13(3)18-19-15/h11H,4-6,8-10H2,1-3H3. The molecule has 2 saturated heterocycles. The number of aromatic nitrogens is 2. The monoisotopic (exact) mass is 302 g/mol. The number of ether oxygens (including phenoxy) is 2. The van der Waals surface area contributed by atoms with E-state index in [4.69, 9.17) is 9.47 Å². The van der Waals surface area contributed by atoms with Gasteiger partial charge in [0.15, 0.2) is 5.82 Å². The molecule has 2 atom stereocenters. The van der Waals surface area contributed by atoms with Crippen LogP contribution >= 0.6 is 0 Å². The molecule has 0 saturated carbocycles. The molecule has 22 heavy (non-hydrogen) atoms. The highest BCUT2D eigenvalue weighted by Crippen LogP contribution is 2.33. The lowest BCUT2D eigenvalue weighted by Crippen LogP contribution is -2.59. The molecule has 1 aromatic rings. The van der Waals surface area contributed by atoms with Gasteiger partial charge in [-0.1, -0.05) is 0 Å². The Labute approximate surface area is 131 Å². The van der Waals surface area contributed by atoms with Crippen LogP contribution in [0.3, 0.4) is 0 Å². The summed E-state index contributed by atoms with van der Waals surface area (Å²) in [6, 6.07) is 2.29. The van der Waals surface area contributed by atoms with Crippen molar-refractivity contribution in [2.45, 2.75) is 45.3 Å². The molecule has 2 unspecified atom stereocenters. The van der Waals surface area contributed by atoms with Crippen molar-refractivity contribution >= 4 is 5.82 Å². The first kappa shape index (κ1) is 15.2. The van der Waals surface area contributed by atoms with E-state index in [2.05, 4.69) is 28.1 Å². The van der Waals surface area contributed by atoms with E-state index in [0.29, 0.717) is 31.1 Å². The SMILES string of the molecule is Cc1nnc(N2CC(C)OC3(CCCOC3)C2)c(C#N)c1C. The van der Waals surface area contributed by atoms with Crippen LogP contribution in [-0.2, 0) is 9.47 Å². The highest BCUT2D eigenvalue weighted by molar-refractivity contribution is 5.58. The van der Waals surface area contributed by atoms with Crippen LogP contribution in [0.15, 0.2) is 0 Å². The predicted molar refractivity (Wildman–Crippen MR) is 81.8 cm³/mol. The van der Waals surface area contributed by atoms with Gasteiger partial charge < -0.3 is 14.4 Å². The van der Waals surface area contributed by atoms with Crippen LogP contribution in [0.5, 0.6) is 0 Å². The average molecular weight is 302 g/mol. The Hall–Kier alpha value is -1.71. The summed E-state index contributed by atoms with van der Waals surface area (Å²) in [5, 5.41) is 18.0. The minimum absolute atomic E-state index is 0.0744. The van der Waals surface area contributed by atoms with Gasteiger partial charge in [0, 0.05) is 13.2 Å². The summed E-state index contributed by atoms with van der Waals surface area (Å²) in [5.74, 6) is 0.672. The lowest BCUT2D eigenvalue weighted by molar-refractivity contribution is -0.160. The van der Waals surface area contributed by atoms with Crippen LogP contribution in [0.25, 0.3) is 0 Å². The van der Waals surface area contributed by atoms with Gasteiger partial charge >= 0.3 is 0 Å². The topological polar surface area (TPSA) is 71.3 Å². The lowest BCUT2D eigenvalue weighted by Gasteiger charge is -2.47. The minimum Gasteiger partial charge on any atom is -0.378 e. The molecule has 0 radical (unpaired) electrons. The molecule has 1 spiro atoms. The van der Waals surface area contributed by atoms with E-state index in [1.165, 1.54) is 0 Å². The van der Waals surface area contributed by atoms with Crippen LogP contribution in [0.1, 0.15) is 36.6 Å². The summed E-state index contributed by atoms with van der Waals surface area (Å²) in [7, 11) is 0. The summed E-state index contributed by atoms with van der Waals surface area (Å²) in [6.45, 7) is 8.68. The Morgan fingerprint density at radius 1 is 1.36 bits per heavy atom. The van der Waals surface area contributed by atoms with Gasteiger partial charge in [0.05, 0.1) is 24.9 Å². The summed E-state index contributed by atoms with van der Waals surface area (Å²) in [5.41, 5.74) is 2.04.